The Hall–Kier alpha value is -4.86. The molecule has 0 unspecified atom stereocenters. The van der Waals surface area contributed by atoms with E-state index in [4.69, 9.17) is 0 Å². The summed E-state index contributed by atoms with van der Waals surface area (Å²) in [6.45, 7) is 20.5. The molecule has 0 bridgehead atoms. The van der Waals surface area contributed by atoms with Gasteiger partial charge in [0.2, 0.25) is 0 Å². The van der Waals surface area contributed by atoms with Gasteiger partial charge >= 0.3 is 0 Å². The number of fused-ring (bicyclic) bond motifs is 7. The maximum absolute atomic E-state index is 3.69. The number of rotatable bonds is 1. The van der Waals surface area contributed by atoms with Crippen LogP contribution in [0, 0.1) is 11.8 Å². The van der Waals surface area contributed by atoms with Crippen LogP contribution in [0.25, 0.3) is 54.2 Å². The molecule has 238 valence electrons. The topological polar surface area (TPSA) is 0 Å². The molecule has 0 heterocycles. The van der Waals surface area contributed by atoms with Gasteiger partial charge in [-0.3, -0.25) is 0 Å². The smallest absolute Gasteiger partial charge is 0.0336 e. The molecule has 0 aliphatic carbocycles. The summed E-state index contributed by atoms with van der Waals surface area (Å²) in [6.07, 6.45) is 0. The van der Waals surface area contributed by atoms with Crippen molar-refractivity contribution in [3.8, 4) is 23.0 Å². The van der Waals surface area contributed by atoms with Crippen LogP contribution in [0.2, 0.25) is 0 Å². The van der Waals surface area contributed by atoms with Gasteiger partial charge in [0.25, 0.3) is 0 Å². The van der Waals surface area contributed by atoms with Crippen LogP contribution >= 0.6 is 0 Å². The van der Waals surface area contributed by atoms with E-state index >= 15 is 0 Å². The van der Waals surface area contributed by atoms with Crippen molar-refractivity contribution in [2.24, 2.45) is 0 Å². The van der Waals surface area contributed by atoms with Gasteiger partial charge in [-0.15, -0.1) is 0 Å². The molecule has 0 fully saturated rings. The van der Waals surface area contributed by atoms with E-state index in [1.807, 2.05) is 0 Å². The third-order valence-corrected chi connectivity index (χ3v) is 9.94. The van der Waals surface area contributed by atoms with E-state index in [0.29, 0.717) is 0 Å². The number of hydrogen-bond acceptors (Lipinski definition) is 0. The maximum atomic E-state index is 3.69. The second kappa shape index (κ2) is 11.4. The van der Waals surface area contributed by atoms with Crippen LogP contribution in [0.3, 0.4) is 0 Å². The SMILES string of the molecule is CC(C)(C)c1ccc(C#Cc2cc(C(C)(C)C)cc3cc(-c4ccc(C(C)(C)C)cc4)c4c(ccc5ccc6ccccc6c54)c23)cc1. The van der Waals surface area contributed by atoms with Crippen molar-refractivity contribution in [3.05, 3.63) is 143 Å². The zero-order valence-corrected chi connectivity index (χ0v) is 30.0. The van der Waals surface area contributed by atoms with Crippen molar-refractivity contribution >= 4 is 43.1 Å². The molecule has 0 N–H and O–H groups in total. The lowest BCUT2D eigenvalue weighted by atomic mass is 9.81. The average Bonchev–Trinajstić information content (AvgIpc) is 3.05. The first-order valence-electron chi connectivity index (χ1n) is 17.3. The first-order valence-corrected chi connectivity index (χ1v) is 17.3. The molecule has 7 rings (SSSR count). The Kier molecular flexibility index (Phi) is 7.53. The average molecular weight is 623 g/mol. The lowest BCUT2D eigenvalue weighted by molar-refractivity contribution is 0.590. The van der Waals surface area contributed by atoms with Crippen LogP contribution in [0.15, 0.2) is 115 Å². The summed E-state index contributed by atoms with van der Waals surface area (Å²) >= 11 is 0. The molecular formula is C48H46. The van der Waals surface area contributed by atoms with Gasteiger partial charge in [0.15, 0.2) is 0 Å². The summed E-state index contributed by atoms with van der Waals surface area (Å²) in [5.41, 5.74) is 8.76. The standard InChI is InChI=1S/C48H46/c1-46(2,3)37-23-15-31(16-24-37)14-17-35-28-39(48(7,8)9)29-36-30-42(33-20-25-38(26-21-33)47(4,5)6)45-41(43(35)36)27-22-34-19-18-32-12-10-11-13-40(32)44(34)45/h10-13,15-16,18-30H,1-9H3. The molecule has 0 saturated carbocycles. The Morgan fingerprint density at radius 3 is 1.62 bits per heavy atom. The fraction of sp³-hybridized carbons (Fsp3) is 0.250. The molecule has 48 heavy (non-hydrogen) atoms. The highest BCUT2D eigenvalue weighted by Gasteiger charge is 2.21. The monoisotopic (exact) mass is 622 g/mol. The Labute approximate surface area is 286 Å². The summed E-state index contributed by atoms with van der Waals surface area (Å²) < 4.78 is 0. The minimum absolute atomic E-state index is 0.0258. The van der Waals surface area contributed by atoms with Crippen molar-refractivity contribution in [3.63, 3.8) is 0 Å². The maximum Gasteiger partial charge on any atom is 0.0336 e. The van der Waals surface area contributed by atoms with Crippen LogP contribution in [-0.2, 0) is 16.2 Å². The second-order valence-electron chi connectivity index (χ2n) is 16.6. The van der Waals surface area contributed by atoms with Crippen LogP contribution < -0.4 is 0 Å². The van der Waals surface area contributed by atoms with Gasteiger partial charge in [-0.1, -0.05) is 165 Å². The Morgan fingerprint density at radius 1 is 0.396 bits per heavy atom. The van der Waals surface area contributed by atoms with Crippen LogP contribution in [0.5, 0.6) is 0 Å². The van der Waals surface area contributed by atoms with Gasteiger partial charge in [-0.05, 0) is 106 Å². The van der Waals surface area contributed by atoms with Crippen LogP contribution in [0.1, 0.15) is 90.1 Å². The van der Waals surface area contributed by atoms with Crippen molar-refractivity contribution in [2.45, 2.75) is 78.6 Å². The Bertz CT molecular complexity index is 2400. The minimum Gasteiger partial charge on any atom is -0.0616 e. The van der Waals surface area contributed by atoms with Gasteiger partial charge in [-0.25, -0.2) is 0 Å². The summed E-state index contributed by atoms with van der Waals surface area (Å²) in [5, 5.41) is 10.1. The fourth-order valence-electron chi connectivity index (χ4n) is 6.99. The molecule has 0 nitrogen and oxygen atoms in total. The van der Waals surface area contributed by atoms with E-state index in [2.05, 4.69) is 189 Å². The molecule has 0 radical (unpaired) electrons. The van der Waals surface area contributed by atoms with Crippen LogP contribution in [0.4, 0.5) is 0 Å². The molecule has 0 aliphatic rings. The largest absolute Gasteiger partial charge is 0.0616 e. The van der Waals surface area contributed by atoms with Crippen molar-refractivity contribution in [1.82, 2.24) is 0 Å². The molecule has 0 amide bonds. The van der Waals surface area contributed by atoms with E-state index in [1.165, 1.54) is 70.9 Å². The molecule has 7 aromatic rings. The first-order chi connectivity index (χ1) is 22.7. The van der Waals surface area contributed by atoms with Crippen molar-refractivity contribution in [2.75, 3.05) is 0 Å². The minimum atomic E-state index is -0.0258. The van der Waals surface area contributed by atoms with Crippen molar-refractivity contribution < 1.29 is 0 Å². The van der Waals surface area contributed by atoms with Gasteiger partial charge in [0, 0.05) is 16.5 Å². The third kappa shape index (κ3) is 5.77. The zero-order chi connectivity index (χ0) is 34.0. The van der Waals surface area contributed by atoms with E-state index in [9.17, 15) is 0 Å². The number of benzene rings is 7. The molecule has 7 aromatic carbocycles. The predicted molar refractivity (Wildman–Crippen MR) is 210 cm³/mol. The highest BCUT2D eigenvalue weighted by Crippen LogP contribution is 2.44. The first kappa shape index (κ1) is 31.7. The van der Waals surface area contributed by atoms with E-state index in [-0.39, 0.29) is 16.2 Å². The molecule has 0 spiro atoms. The summed E-state index contributed by atoms with van der Waals surface area (Å²) in [5.74, 6) is 7.24. The molecule has 0 aromatic heterocycles. The van der Waals surface area contributed by atoms with Gasteiger partial charge < -0.3 is 0 Å². The van der Waals surface area contributed by atoms with Gasteiger partial charge in [0.1, 0.15) is 0 Å². The predicted octanol–water partition coefficient (Wildman–Crippen LogP) is 13.3. The van der Waals surface area contributed by atoms with E-state index < -0.39 is 0 Å². The molecule has 0 atom stereocenters. The highest BCUT2D eigenvalue weighted by atomic mass is 14.2. The molecule has 0 heteroatoms. The van der Waals surface area contributed by atoms with E-state index in [0.717, 1.165) is 11.1 Å². The van der Waals surface area contributed by atoms with E-state index in [1.54, 1.807) is 0 Å². The summed E-state index contributed by atoms with van der Waals surface area (Å²) in [7, 11) is 0. The fourth-order valence-corrected chi connectivity index (χ4v) is 6.99. The highest BCUT2D eigenvalue weighted by molar-refractivity contribution is 6.29. The molecule has 0 saturated heterocycles. The zero-order valence-electron chi connectivity index (χ0n) is 30.0. The lowest BCUT2D eigenvalue weighted by Crippen LogP contribution is -2.11. The van der Waals surface area contributed by atoms with Gasteiger partial charge in [-0.2, -0.15) is 0 Å². The Morgan fingerprint density at radius 2 is 0.979 bits per heavy atom. The van der Waals surface area contributed by atoms with Gasteiger partial charge in [0.05, 0.1) is 0 Å². The normalized spacial score (nSPS) is 12.5. The van der Waals surface area contributed by atoms with Crippen molar-refractivity contribution in [1.29, 1.82) is 0 Å². The summed E-state index contributed by atoms with van der Waals surface area (Å²) in [6, 6.07) is 43.2. The molecule has 0 aliphatic heterocycles. The second-order valence-corrected chi connectivity index (χ2v) is 16.6. The summed E-state index contributed by atoms with van der Waals surface area (Å²) in [4.78, 5) is 0. The molecular weight excluding hydrogens is 577 g/mol. The third-order valence-electron chi connectivity index (χ3n) is 9.94. The number of hydrogen-bond donors (Lipinski definition) is 0. The van der Waals surface area contributed by atoms with Crippen LogP contribution in [-0.4, -0.2) is 0 Å². The lowest BCUT2D eigenvalue weighted by Gasteiger charge is -2.23. The quantitative estimate of drug-likeness (QED) is 0.126. The Balaban J connectivity index is 1.59.